The summed E-state index contributed by atoms with van der Waals surface area (Å²) in [5, 5.41) is 2.87. The summed E-state index contributed by atoms with van der Waals surface area (Å²) in [6, 6.07) is 11.2. The van der Waals surface area contributed by atoms with E-state index < -0.39 is 10.0 Å². The molecule has 0 saturated carbocycles. The van der Waals surface area contributed by atoms with Crippen LogP contribution in [-0.4, -0.2) is 28.0 Å². The van der Waals surface area contributed by atoms with Gasteiger partial charge in [-0.15, -0.1) is 6.42 Å². The molecule has 0 aliphatic heterocycles. The standard InChI is InChI=1S/C20H22N2O4S/c1-5-11-21-27(24,25)17-8-6-7-16(13-17)20(23)22-15(3)18-12-14(2)9-10-19(18)26-4/h1,6-10,12-13,15,21H,11H2,2-4H3,(H,22,23). The van der Waals surface area contributed by atoms with Crippen molar-refractivity contribution in [2.75, 3.05) is 13.7 Å². The number of sulfonamides is 1. The fourth-order valence-corrected chi connectivity index (χ4v) is 3.55. The summed E-state index contributed by atoms with van der Waals surface area (Å²) >= 11 is 0. The first kappa shape index (κ1) is 20.5. The minimum absolute atomic E-state index is 0.0220. The van der Waals surface area contributed by atoms with Crippen LogP contribution in [0.2, 0.25) is 0 Å². The van der Waals surface area contributed by atoms with Crippen LogP contribution in [0.15, 0.2) is 47.4 Å². The predicted molar refractivity (Wildman–Crippen MR) is 104 cm³/mol. The Hall–Kier alpha value is -2.82. The van der Waals surface area contributed by atoms with Crippen LogP contribution in [0.5, 0.6) is 5.75 Å². The Morgan fingerprint density at radius 2 is 2.00 bits per heavy atom. The zero-order valence-electron chi connectivity index (χ0n) is 15.4. The zero-order valence-corrected chi connectivity index (χ0v) is 16.3. The molecule has 0 aromatic heterocycles. The van der Waals surface area contributed by atoms with Gasteiger partial charge in [-0.3, -0.25) is 4.79 Å². The van der Waals surface area contributed by atoms with Crippen LogP contribution in [0.4, 0.5) is 0 Å². The molecule has 0 saturated heterocycles. The normalized spacial score (nSPS) is 12.1. The topological polar surface area (TPSA) is 84.5 Å². The lowest BCUT2D eigenvalue weighted by Crippen LogP contribution is -2.28. The second-order valence-electron chi connectivity index (χ2n) is 6.00. The lowest BCUT2D eigenvalue weighted by molar-refractivity contribution is 0.0939. The molecule has 2 aromatic rings. The molecule has 6 nitrogen and oxygen atoms in total. The molecule has 1 amide bonds. The number of rotatable bonds is 7. The first-order valence-corrected chi connectivity index (χ1v) is 9.75. The fraction of sp³-hybridized carbons (Fsp3) is 0.250. The molecular weight excluding hydrogens is 364 g/mol. The maximum atomic E-state index is 12.6. The van der Waals surface area contributed by atoms with Crippen molar-refractivity contribution in [2.24, 2.45) is 0 Å². The third kappa shape index (κ3) is 5.09. The molecule has 2 N–H and O–H groups in total. The van der Waals surface area contributed by atoms with Gasteiger partial charge in [0, 0.05) is 11.1 Å². The molecule has 0 heterocycles. The Morgan fingerprint density at radius 1 is 1.26 bits per heavy atom. The first-order valence-electron chi connectivity index (χ1n) is 8.27. The third-order valence-corrected chi connectivity index (χ3v) is 5.37. The Kier molecular flexibility index (Phi) is 6.61. The summed E-state index contributed by atoms with van der Waals surface area (Å²) < 4.78 is 32.0. The van der Waals surface area contributed by atoms with Crippen LogP contribution < -0.4 is 14.8 Å². The summed E-state index contributed by atoms with van der Waals surface area (Å²) in [6.45, 7) is 3.67. The molecule has 1 atom stereocenters. The summed E-state index contributed by atoms with van der Waals surface area (Å²) in [5.41, 5.74) is 2.11. The van der Waals surface area contributed by atoms with E-state index in [0.717, 1.165) is 11.1 Å². The van der Waals surface area contributed by atoms with Crippen LogP contribution in [0.25, 0.3) is 0 Å². The highest BCUT2D eigenvalue weighted by Crippen LogP contribution is 2.26. The average molecular weight is 386 g/mol. The molecule has 0 bridgehead atoms. The van der Waals surface area contributed by atoms with Crippen molar-refractivity contribution in [2.45, 2.75) is 24.8 Å². The van der Waals surface area contributed by atoms with Crippen LogP contribution in [0.3, 0.4) is 0 Å². The van der Waals surface area contributed by atoms with Crippen LogP contribution >= 0.6 is 0 Å². The molecule has 2 rings (SSSR count). The van der Waals surface area contributed by atoms with Crippen molar-refractivity contribution in [1.29, 1.82) is 0 Å². The summed E-state index contributed by atoms with van der Waals surface area (Å²) in [6.07, 6.45) is 5.08. The van der Waals surface area contributed by atoms with Crippen LogP contribution in [-0.2, 0) is 10.0 Å². The van der Waals surface area contributed by atoms with Crippen molar-refractivity contribution in [1.82, 2.24) is 10.0 Å². The quantitative estimate of drug-likeness (QED) is 0.716. The zero-order chi connectivity index (χ0) is 20.0. The number of hydrogen-bond acceptors (Lipinski definition) is 4. The third-order valence-electron chi connectivity index (χ3n) is 3.97. The number of benzene rings is 2. The highest BCUT2D eigenvalue weighted by atomic mass is 32.2. The van der Waals surface area contributed by atoms with Gasteiger partial charge in [0.25, 0.3) is 5.91 Å². The Morgan fingerprint density at radius 3 is 2.67 bits per heavy atom. The first-order chi connectivity index (χ1) is 12.8. The van der Waals surface area contributed by atoms with Crippen molar-refractivity contribution in [3.63, 3.8) is 0 Å². The fourth-order valence-electron chi connectivity index (χ4n) is 2.57. The number of ether oxygens (including phenoxy) is 1. The van der Waals surface area contributed by atoms with E-state index in [1.807, 2.05) is 32.0 Å². The largest absolute Gasteiger partial charge is 0.496 e. The van der Waals surface area contributed by atoms with Crippen molar-refractivity contribution >= 4 is 15.9 Å². The molecule has 0 radical (unpaired) electrons. The SMILES string of the molecule is C#CCNS(=O)(=O)c1cccc(C(=O)NC(C)c2cc(C)ccc2OC)c1. The van der Waals surface area contributed by atoms with E-state index in [0.29, 0.717) is 5.75 Å². The van der Waals surface area contributed by atoms with E-state index in [9.17, 15) is 13.2 Å². The van der Waals surface area contributed by atoms with Gasteiger partial charge in [-0.2, -0.15) is 4.72 Å². The summed E-state index contributed by atoms with van der Waals surface area (Å²) in [5.74, 6) is 2.49. The van der Waals surface area contributed by atoms with Crippen molar-refractivity contribution in [3.05, 3.63) is 59.2 Å². The van der Waals surface area contributed by atoms with Crippen molar-refractivity contribution < 1.29 is 17.9 Å². The number of nitrogens with one attached hydrogen (secondary N) is 2. The van der Waals surface area contributed by atoms with Gasteiger partial charge >= 0.3 is 0 Å². The number of aryl methyl sites for hydroxylation is 1. The lowest BCUT2D eigenvalue weighted by atomic mass is 10.0. The Bertz CT molecular complexity index is 978. The molecule has 142 valence electrons. The van der Waals surface area contributed by atoms with E-state index in [4.69, 9.17) is 11.2 Å². The van der Waals surface area contributed by atoms with Crippen LogP contribution in [0, 0.1) is 19.3 Å². The van der Waals surface area contributed by atoms with Gasteiger partial charge in [0.2, 0.25) is 10.0 Å². The van der Waals surface area contributed by atoms with E-state index >= 15 is 0 Å². The van der Waals surface area contributed by atoms with Gasteiger partial charge in [0.05, 0.1) is 24.6 Å². The molecule has 0 aliphatic carbocycles. The summed E-state index contributed by atoms with van der Waals surface area (Å²) in [4.78, 5) is 12.6. The second-order valence-corrected chi connectivity index (χ2v) is 7.76. The number of amides is 1. The van der Waals surface area contributed by atoms with Gasteiger partial charge in [0.15, 0.2) is 0 Å². The Labute approximate surface area is 160 Å². The maximum absolute atomic E-state index is 12.6. The molecule has 0 spiro atoms. The number of hydrogen-bond donors (Lipinski definition) is 2. The number of carbonyl (C=O) groups is 1. The van der Waals surface area contributed by atoms with E-state index in [2.05, 4.69) is 16.0 Å². The molecule has 1 unspecified atom stereocenters. The average Bonchev–Trinajstić information content (AvgIpc) is 2.66. The smallest absolute Gasteiger partial charge is 0.251 e. The van der Waals surface area contributed by atoms with Gasteiger partial charge in [0.1, 0.15) is 5.75 Å². The number of terminal acetylenes is 1. The molecule has 7 heteroatoms. The minimum atomic E-state index is -3.77. The van der Waals surface area contributed by atoms with Gasteiger partial charge in [-0.1, -0.05) is 29.7 Å². The van der Waals surface area contributed by atoms with E-state index in [-0.39, 0.29) is 29.0 Å². The van der Waals surface area contributed by atoms with Crippen LogP contribution in [0.1, 0.15) is 34.5 Å². The molecule has 0 aliphatic rings. The number of methoxy groups -OCH3 is 1. The highest BCUT2D eigenvalue weighted by Gasteiger charge is 2.18. The predicted octanol–water partition coefficient (Wildman–Crippen LogP) is 2.41. The van der Waals surface area contributed by atoms with Crippen molar-refractivity contribution in [3.8, 4) is 18.1 Å². The lowest BCUT2D eigenvalue weighted by Gasteiger charge is -2.18. The minimum Gasteiger partial charge on any atom is -0.496 e. The number of carbonyl (C=O) groups excluding carboxylic acids is 1. The van der Waals surface area contributed by atoms with E-state index in [1.165, 1.54) is 18.2 Å². The Balaban J connectivity index is 2.23. The monoisotopic (exact) mass is 386 g/mol. The van der Waals surface area contributed by atoms with Gasteiger partial charge in [-0.25, -0.2) is 8.42 Å². The molecular formula is C20H22N2O4S. The maximum Gasteiger partial charge on any atom is 0.251 e. The summed E-state index contributed by atoms with van der Waals surface area (Å²) in [7, 11) is -2.20. The molecule has 0 fully saturated rings. The molecule has 2 aromatic carbocycles. The highest BCUT2D eigenvalue weighted by molar-refractivity contribution is 7.89. The molecule has 27 heavy (non-hydrogen) atoms. The van der Waals surface area contributed by atoms with Gasteiger partial charge in [-0.05, 0) is 38.1 Å². The second kappa shape index (κ2) is 8.71. The van der Waals surface area contributed by atoms with E-state index in [1.54, 1.807) is 13.2 Å². The van der Waals surface area contributed by atoms with Gasteiger partial charge < -0.3 is 10.1 Å².